The van der Waals surface area contributed by atoms with Gasteiger partial charge in [0.05, 0.1) is 0 Å². The van der Waals surface area contributed by atoms with Gasteiger partial charge in [0.15, 0.2) is 0 Å². The van der Waals surface area contributed by atoms with Crippen molar-refractivity contribution in [2.24, 2.45) is 0 Å². The lowest BCUT2D eigenvalue weighted by molar-refractivity contribution is -0.135. The van der Waals surface area contributed by atoms with Crippen LogP contribution < -0.4 is 4.74 Å². The van der Waals surface area contributed by atoms with Crippen molar-refractivity contribution in [2.75, 3.05) is 0 Å². The van der Waals surface area contributed by atoms with Gasteiger partial charge < -0.3 is 9.84 Å². The Morgan fingerprint density at radius 2 is 2.07 bits per heavy atom. The maximum atomic E-state index is 9.99. The highest BCUT2D eigenvalue weighted by atomic mass is 32.1. The van der Waals surface area contributed by atoms with Crippen LogP contribution in [0.25, 0.3) is 0 Å². The molecule has 0 aliphatic heterocycles. The second kappa shape index (κ2) is 3.96. The molecule has 0 saturated carbocycles. The molecule has 0 fully saturated rings. The SMILES string of the molecule is CC(O)(Oc1ccccc1)c1ncsn1. The first-order valence-corrected chi connectivity index (χ1v) is 5.25. The van der Waals surface area contributed by atoms with Crippen molar-refractivity contribution in [2.45, 2.75) is 12.7 Å². The van der Waals surface area contributed by atoms with E-state index in [1.54, 1.807) is 17.6 Å². The topological polar surface area (TPSA) is 55.2 Å². The number of aromatic nitrogens is 2. The van der Waals surface area contributed by atoms with E-state index in [0.717, 1.165) is 0 Å². The van der Waals surface area contributed by atoms with Gasteiger partial charge in [0, 0.05) is 6.92 Å². The van der Waals surface area contributed by atoms with Crippen LogP contribution in [0.3, 0.4) is 0 Å². The zero-order valence-electron chi connectivity index (χ0n) is 8.12. The van der Waals surface area contributed by atoms with E-state index in [0.29, 0.717) is 5.75 Å². The number of rotatable bonds is 3. The van der Waals surface area contributed by atoms with Crippen LogP contribution in [0.1, 0.15) is 12.7 Å². The van der Waals surface area contributed by atoms with Crippen LogP contribution in [0.15, 0.2) is 35.8 Å². The molecule has 78 valence electrons. The molecule has 0 radical (unpaired) electrons. The first kappa shape index (κ1) is 10.1. The molecule has 15 heavy (non-hydrogen) atoms. The summed E-state index contributed by atoms with van der Waals surface area (Å²) >= 11 is 1.18. The van der Waals surface area contributed by atoms with Crippen molar-refractivity contribution < 1.29 is 9.84 Å². The van der Waals surface area contributed by atoms with Gasteiger partial charge >= 0.3 is 0 Å². The summed E-state index contributed by atoms with van der Waals surface area (Å²) in [6.07, 6.45) is 0. The highest BCUT2D eigenvalue weighted by Gasteiger charge is 2.29. The first-order chi connectivity index (χ1) is 7.18. The zero-order chi connectivity index (χ0) is 10.7. The summed E-state index contributed by atoms with van der Waals surface area (Å²) in [6.45, 7) is 1.52. The van der Waals surface area contributed by atoms with Gasteiger partial charge in [0.1, 0.15) is 11.3 Å². The molecule has 4 nitrogen and oxygen atoms in total. The largest absolute Gasteiger partial charge is 0.455 e. The first-order valence-electron chi connectivity index (χ1n) is 4.42. The van der Waals surface area contributed by atoms with Gasteiger partial charge in [0.25, 0.3) is 5.79 Å². The molecule has 0 amide bonds. The zero-order valence-corrected chi connectivity index (χ0v) is 8.94. The average molecular weight is 222 g/mol. The van der Waals surface area contributed by atoms with E-state index in [-0.39, 0.29) is 5.82 Å². The van der Waals surface area contributed by atoms with E-state index in [1.807, 2.05) is 18.2 Å². The van der Waals surface area contributed by atoms with Crippen LogP contribution in [0.5, 0.6) is 5.75 Å². The second-order valence-corrected chi connectivity index (χ2v) is 3.76. The number of benzene rings is 1. The van der Waals surface area contributed by atoms with Crippen molar-refractivity contribution in [3.8, 4) is 5.75 Å². The number of aliphatic hydroxyl groups is 1. The lowest BCUT2D eigenvalue weighted by atomic mass is 10.3. The van der Waals surface area contributed by atoms with E-state index in [4.69, 9.17) is 4.74 Å². The third-order valence-corrected chi connectivity index (χ3v) is 2.31. The predicted octanol–water partition coefficient (Wildman–Crippen LogP) is 1.78. The highest BCUT2D eigenvalue weighted by molar-refractivity contribution is 7.03. The van der Waals surface area contributed by atoms with Crippen molar-refractivity contribution in [3.63, 3.8) is 0 Å². The maximum absolute atomic E-state index is 9.99. The van der Waals surface area contributed by atoms with Gasteiger partial charge in [-0.15, -0.1) is 0 Å². The van der Waals surface area contributed by atoms with Crippen molar-refractivity contribution in [3.05, 3.63) is 41.7 Å². The monoisotopic (exact) mass is 222 g/mol. The Labute approximate surface area is 91.3 Å². The molecule has 5 heteroatoms. The molecule has 0 saturated heterocycles. The lowest BCUT2D eigenvalue weighted by Gasteiger charge is -2.21. The Hall–Kier alpha value is -1.46. The molecule has 0 spiro atoms. The van der Waals surface area contributed by atoms with Crippen LogP contribution in [0.2, 0.25) is 0 Å². The fourth-order valence-corrected chi connectivity index (χ4v) is 1.65. The van der Waals surface area contributed by atoms with Crippen molar-refractivity contribution in [1.29, 1.82) is 0 Å². The van der Waals surface area contributed by atoms with E-state index >= 15 is 0 Å². The van der Waals surface area contributed by atoms with Gasteiger partial charge in [0.2, 0.25) is 5.82 Å². The number of nitrogens with zero attached hydrogens (tertiary/aromatic N) is 2. The number of para-hydroxylation sites is 1. The van der Waals surface area contributed by atoms with Gasteiger partial charge in [-0.2, -0.15) is 4.37 Å². The van der Waals surface area contributed by atoms with E-state index < -0.39 is 5.79 Å². The van der Waals surface area contributed by atoms with Crippen molar-refractivity contribution in [1.82, 2.24) is 9.36 Å². The third kappa shape index (κ3) is 2.31. The minimum absolute atomic E-state index is 0.274. The molecule has 0 bridgehead atoms. The predicted molar refractivity (Wildman–Crippen MR) is 56.5 cm³/mol. The molecule has 1 aromatic heterocycles. The van der Waals surface area contributed by atoms with Crippen LogP contribution >= 0.6 is 11.5 Å². The summed E-state index contributed by atoms with van der Waals surface area (Å²) in [7, 11) is 0. The Morgan fingerprint density at radius 1 is 1.33 bits per heavy atom. The normalized spacial score (nSPS) is 14.5. The van der Waals surface area contributed by atoms with Crippen LogP contribution in [0, 0.1) is 0 Å². The Balaban J connectivity index is 2.18. The van der Waals surface area contributed by atoms with Gasteiger partial charge in [-0.25, -0.2) is 4.98 Å². The highest BCUT2D eigenvalue weighted by Crippen LogP contribution is 2.22. The molecule has 1 atom stereocenters. The molecule has 1 aromatic carbocycles. The van der Waals surface area contributed by atoms with E-state index in [2.05, 4.69) is 9.36 Å². The van der Waals surface area contributed by atoms with Crippen LogP contribution in [-0.4, -0.2) is 14.5 Å². The number of ether oxygens (including phenoxy) is 1. The van der Waals surface area contributed by atoms with Gasteiger partial charge in [-0.1, -0.05) is 18.2 Å². The molecular formula is C10H10N2O2S. The Kier molecular flexibility index (Phi) is 2.66. The standard InChI is InChI=1S/C10H10N2O2S/c1-10(13,9-11-7-15-12-9)14-8-5-3-2-4-6-8/h2-7,13H,1H3. The lowest BCUT2D eigenvalue weighted by Crippen LogP contribution is -2.30. The fraction of sp³-hybridized carbons (Fsp3) is 0.200. The maximum Gasteiger partial charge on any atom is 0.267 e. The number of hydrogen-bond donors (Lipinski definition) is 1. The van der Waals surface area contributed by atoms with E-state index in [1.165, 1.54) is 18.5 Å². The van der Waals surface area contributed by atoms with Crippen LogP contribution in [0.4, 0.5) is 0 Å². The Bertz CT molecular complexity index is 414. The molecule has 0 aliphatic rings. The molecule has 2 rings (SSSR count). The van der Waals surface area contributed by atoms with Crippen LogP contribution in [-0.2, 0) is 5.79 Å². The average Bonchev–Trinajstić information content (AvgIpc) is 2.71. The molecule has 1 unspecified atom stereocenters. The Morgan fingerprint density at radius 3 is 2.67 bits per heavy atom. The summed E-state index contributed by atoms with van der Waals surface area (Å²) < 4.78 is 9.32. The van der Waals surface area contributed by atoms with E-state index in [9.17, 15) is 5.11 Å². The quantitative estimate of drug-likeness (QED) is 0.804. The number of hydrogen-bond acceptors (Lipinski definition) is 5. The molecular weight excluding hydrogens is 212 g/mol. The van der Waals surface area contributed by atoms with Gasteiger partial charge in [-0.05, 0) is 23.7 Å². The minimum Gasteiger partial charge on any atom is -0.455 e. The third-order valence-electron chi connectivity index (χ3n) is 1.84. The summed E-state index contributed by atoms with van der Waals surface area (Å²) in [5.41, 5.74) is 1.55. The summed E-state index contributed by atoms with van der Waals surface area (Å²) in [4.78, 5) is 3.92. The van der Waals surface area contributed by atoms with Crippen molar-refractivity contribution >= 4 is 11.5 Å². The molecule has 1 N–H and O–H groups in total. The summed E-state index contributed by atoms with van der Waals surface area (Å²) in [5.74, 6) is -0.630. The molecule has 2 aromatic rings. The fourth-order valence-electron chi connectivity index (χ4n) is 1.14. The minimum atomic E-state index is -1.48. The molecule has 1 heterocycles. The molecule has 0 aliphatic carbocycles. The second-order valence-electron chi connectivity index (χ2n) is 3.15. The summed E-state index contributed by atoms with van der Waals surface area (Å²) in [5, 5.41) is 9.99. The smallest absolute Gasteiger partial charge is 0.267 e. The van der Waals surface area contributed by atoms with Gasteiger partial charge in [-0.3, -0.25) is 0 Å². The summed E-state index contributed by atoms with van der Waals surface area (Å²) in [6, 6.07) is 9.07.